The summed E-state index contributed by atoms with van der Waals surface area (Å²) < 4.78 is 42.7. The molecule has 0 aromatic carbocycles. The summed E-state index contributed by atoms with van der Waals surface area (Å²) in [5.41, 5.74) is -1.05. The average Bonchev–Trinajstić information content (AvgIpc) is 2.57. The summed E-state index contributed by atoms with van der Waals surface area (Å²) in [5, 5.41) is 9.30. The third-order valence-corrected chi connectivity index (χ3v) is 3.50. The van der Waals surface area contributed by atoms with Gasteiger partial charge in [-0.1, -0.05) is 0 Å². The highest BCUT2D eigenvalue weighted by molar-refractivity contribution is 14.0. The molecule has 0 amide bonds. The third-order valence-electron chi connectivity index (χ3n) is 3.50. The lowest BCUT2D eigenvalue weighted by Gasteiger charge is -2.24. The first kappa shape index (κ1) is 24.7. The monoisotopic (exact) mass is 489 g/mol. The van der Waals surface area contributed by atoms with Crippen molar-refractivity contribution in [1.29, 1.82) is 0 Å². The molecule has 1 aromatic heterocycles. The van der Waals surface area contributed by atoms with E-state index in [0.29, 0.717) is 31.4 Å². The minimum Gasteiger partial charge on any atom is -0.377 e. The Balaban J connectivity index is 0.00000625. The van der Waals surface area contributed by atoms with Crippen molar-refractivity contribution in [3.8, 4) is 0 Å². The number of aliphatic imine (C=N–C) groups is 1. The molecule has 0 aliphatic rings. The number of aromatic nitrogens is 1. The molecule has 26 heavy (non-hydrogen) atoms. The lowest BCUT2D eigenvalue weighted by molar-refractivity contribution is -0.137. The standard InChI is InChI=1S/C16H26F3N5O.HI/c1-15(2,25-4)11-24-14(20-3)22-9-5-8-21-13-7-6-12(10-23-13)16(17,18)19;/h6-7,10H,5,8-9,11H2,1-4H3,(H,21,23)(H2,20,22,24);1H. The van der Waals surface area contributed by atoms with Crippen LogP contribution in [0.25, 0.3) is 0 Å². The van der Waals surface area contributed by atoms with E-state index in [9.17, 15) is 13.2 Å². The van der Waals surface area contributed by atoms with E-state index in [-0.39, 0.29) is 29.6 Å². The summed E-state index contributed by atoms with van der Waals surface area (Å²) in [6.45, 7) is 5.77. The number of hydrogen-bond donors (Lipinski definition) is 3. The molecule has 0 saturated carbocycles. The highest BCUT2D eigenvalue weighted by Gasteiger charge is 2.30. The van der Waals surface area contributed by atoms with E-state index < -0.39 is 11.7 Å². The zero-order chi connectivity index (χ0) is 18.9. The lowest BCUT2D eigenvalue weighted by Crippen LogP contribution is -2.45. The van der Waals surface area contributed by atoms with Crippen LogP contribution in [0.5, 0.6) is 0 Å². The maximum atomic E-state index is 12.4. The molecule has 10 heteroatoms. The van der Waals surface area contributed by atoms with Gasteiger partial charge in [0.2, 0.25) is 0 Å². The molecular weight excluding hydrogens is 462 g/mol. The number of halogens is 4. The van der Waals surface area contributed by atoms with Crippen molar-refractivity contribution in [3.63, 3.8) is 0 Å². The van der Waals surface area contributed by atoms with Crippen LogP contribution in [0, 0.1) is 0 Å². The molecule has 0 aliphatic heterocycles. The quantitative estimate of drug-likeness (QED) is 0.227. The largest absolute Gasteiger partial charge is 0.417 e. The van der Waals surface area contributed by atoms with E-state index in [1.165, 1.54) is 6.07 Å². The number of hydrogen-bond acceptors (Lipinski definition) is 4. The summed E-state index contributed by atoms with van der Waals surface area (Å²) in [4.78, 5) is 7.87. The number of methoxy groups -OCH3 is 1. The Morgan fingerprint density at radius 1 is 1.19 bits per heavy atom. The van der Waals surface area contributed by atoms with Crippen LogP contribution in [-0.4, -0.2) is 50.3 Å². The van der Waals surface area contributed by atoms with Crippen LogP contribution in [0.2, 0.25) is 0 Å². The number of anilines is 1. The molecule has 1 heterocycles. The van der Waals surface area contributed by atoms with Crippen molar-refractivity contribution in [3.05, 3.63) is 23.9 Å². The van der Waals surface area contributed by atoms with E-state index >= 15 is 0 Å². The van der Waals surface area contributed by atoms with E-state index in [1.807, 2.05) is 13.8 Å². The second-order valence-electron chi connectivity index (χ2n) is 6.03. The summed E-state index contributed by atoms with van der Waals surface area (Å²) in [5.74, 6) is 1.08. The van der Waals surface area contributed by atoms with Crippen LogP contribution >= 0.6 is 24.0 Å². The number of nitrogens with one attached hydrogen (secondary N) is 3. The van der Waals surface area contributed by atoms with E-state index in [1.54, 1.807) is 14.2 Å². The number of ether oxygens (including phenoxy) is 1. The molecule has 0 aliphatic carbocycles. The molecule has 0 fully saturated rings. The Bertz CT molecular complexity index is 550. The van der Waals surface area contributed by atoms with Gasteiger partial charge in [-0.3, -0.25) is 4.99 Å². The molecule has 0 spiro atoms. The van der Waals surface area contributed by atoms with Gasteiger partial charge in [0.05, 0.1) is 11.2 Å². The Hall–Kier alpha value is -1.30. The van der Waals surface area contributed by atoms with Gasteiger partial charge in [-0.15, -0.1) is 24.0 Å². The minimum atomic E-state index is -4.37. The molecule has 0 radical (unpaired) electrons. The zero-order valence-corrected chi connectivity index (χ0v) is 17.7. The van der Waals surface area contributed by atoms with Crippen molar-refractivity contribution in [2.45, 2.75) is 32.0 Å². The van der Waals surface area contributed by atoms with Crippen LogP contribution in [0.3, 0.4) is 0 Å². The van der Waals surface area contributed by atoms with Gasteiger partial charge in [-0.05, 0) is 32.4 Å². The minimum absolute atomic E-state index is 0. The van der Waals surface area contributed by atoms with Crippen molar-refractivity contribution in [2.75, 3.05) is 39.1 Å². The van der Waals surface area contributed by atoms with Crippen LogP contribution < -0.4 is 16.0 Å². The van der Waals surface area contributed by atoms with Crippen molar-refractivity contribution >= 4 is 35.8 Å². The molecule has 6 nitrogen and oxygen atoms in total. The second kappa shape index (κ2) is 11.4. The van der Waals surface area contributed by atoms with Crippen LogP contribution in [-0.2, 0) is 10.9 Å². The van der Waals surface area contributed by atoms with Gasteiger partial charge in [-0.2, -0.15) is 13.2 Å². The Morgan fingerprint density at radius 3 is 2.38 bits per heavy atom. The molecule has 0 unspecified atom stereocenters. The first-order valence-corrected chi connectivity index (χ1v) is 7.95. The lowest BCUT2D eigenvalue weighted by atomic mass is 10.1. The van der Waals surface area contributed by atoms with Gasteiger partial charge in [-0.25, -0.2) is 4.98 Å². The Morgan fingerprint density at radius 2 is 1.88 bits per heavy atom. The van der Waals surface area contributed by atoms with Crippen molar-refractivity contribution in [1.82, 2.24) is 15.6 Å². The van der Waals surface area contributed by atoms with Crippen molar-refractivity contribution in [2.24, 2.45) is 4.99 Å². The first-order valence-electron chi connectivity index (χ1n) is 7.95. The van der Waals surface area contributed by atoms with Gasteiger partial charge < -0.3 is 20.7 Å². The van der Waals surface area contributed by atoms with Crippen molar-refractivity contribution < 1.29 is 17.9 Å². The van der Waals surface area contributed by atoms with E-state index in [2.05, 4.69) is 25.9 Å². The highest BCUT2D eigenvalue weighted by atomic mass is 127. The fourth-order valence-electron chi connectivity index (χ4n) is 1.77. The van der Waals surface area contributed by atoms with Crippen LogP contribution in [0.4, 0.5) is 19.0 Å². The summed E-state index contributed by atoms with van der Waals surface area (Å²) in [6, 6.07) is 2.33. The fraction of sp³-hybridized carbons (Fsp3) is 0.625. The van der Waals surface area contributed by atoms with Gasteiger partial charge in [0, 0.05) is 40.0 Å². The van der Waals surface area contributed by atoms with E-state index in [0.717, 1.165) is 18.7 Å². The SMILES string of the molecule is CN=C(NCCCNc1ccc(C(F)(F)F)cn1)NCC(C)(C)OC.I. The normalized spacial score (nSPS) is 12.3. The second-order valence-corrected chi connectivity index (χ2v) is 6.03. The molecule has 0 atom stereocenters. The fourth-order valence-corrected chi connectivity index (χ4v) is 1.77. The average molecular weight is 489 g/mol. The Labute approximate surface area is 169 Å². The van der Waals surface area contributed by atoms with Crippen LogP contribution in [0.15, 0.2) is 23.3 Å². The third kappa shape index (κ3) is 9.41. The topological polar surface area (TPSA) is 70.6 Å². The molecule has 150 valence electrons. The predicted molar refractivity (Wildman–Crippen MR) is 108 cm³/mol. The smallest absolute Gasteiger partial charge is 0.377 e. The molecule has 3 N–H and O–H groups in total. The van der Waals surface area contributed by atoms with Gasteiger partial charge in [0.15, 0.2) is 5.96 Å². The Kier molecular flexibility index (Phi) is 10.8. The maximum absolute atomic E-state index is 12.4. The summed E-state index contributed by atoms with van der Waals surface area (Å²) in [7, 11) is 3.33. The number of pyridine rings is 1. The number of alkyl halides is 3. The number of nitrogens with zero attached hydrogens (tertiary/aromatic N) is 2. The maximum Gasteiger partial charge on any atom is 0.417 e. The van der Waals surface area contributed by atoms with Gasteiger partial charge >= 0.3 is 6.18 Å². The first-order chi connectivity index (χ1) is 11.7. The molecule has 1 rings (SSSR count). The molecule has 0 bridgehead atoms. The summed E-state index contributed by atoms with van der Waals surface area (Å²) in [6.07, 6.45) is -2.79. The zero-order valence-electron chi connectivity index (χ0n) is 15.4. The van der Waals surface area contributed by atoms with Gasteiger partial charge in [0.25, 0.3) is 0 Å². The molecule has 0 saturated heterocycles. The van der Waals surface area contributed by atoms with Crippen LogP contribution in [0.1, 0.15) is 25.8 Å². The highest BCUT2D eigenvalue weighted by Crippen LogP contribution is 2.28. The number of rotatable bonds is 8. The molecular formula is C16H27F3IN5O. The van der Waals surface area contributed by atoms with Gasteiger partial charge in [0.1, 0.15) is 5.82 Å². The van der Waals surface area contributed by atoms with E-state index in [4.69, 9.17) is 4.74 Å². The predicted octanol–water partition coefficient (Wildman–Crippen LogP) is 3.11. The summed E-state index contributed by atoms with van der Waals surface area (Å²) >= 11 is 0. The number of guanidine groups is 1. The molecule has 1 aromatic rings.